The maximum atomic E-state index is 4.41. The van der Waals surface area contributed by atoms with Gasteiger partial charge in [0, 0.05) is 11.4 Å². The highest BCUT2D eigenvalue weighted by Crippen LogP contribution is 2.27. The van der Waals surface area contributed by atoms with Gasteiger partial charge in [-0.15, -0.1) is 0 Å². The van der Waals surface area contributed by atoms with E-state index in [4.69, 9.17) is 0 Å². The third-order valence-electron chi connectivity index (χ3n) is 4.11. The third-order valence-corrected chi connectivity index (χ3v) is 4.11. The summed E-state index contributed by atoms with van der Waals surface area (Å²) in [6.07, 6.45) is 10.1. The zero-order valence-electron chi connectivity index (χ0n) is 11.8. The summed E-state index contributed by atoms with van der Waals surface area (Å²) >= 11 is 0. The Morgan fingerprint density at radius 1 is 1.20 bits per heavy atom. The molecular weight excluding hydrogens is 248 g/mol. The lowest BCUT2D eigenvalue weighted by molar-refractivity contribution is 0.361. The molecule has 0 unspecified atom stereocenters. The number of nitrogens with zero attached hydrogens (tertiary/aromatic N) is 3. The maximum absolute atomic E-state index is 4.41. The molecule has 3 rings (SSSR count). The van der Waals surface area contributed by atoms with Gasteiger partial charge in [0.2, 0.25) is 0 Å². The standard InChI is InChI=1S/C16H20N4/c1-3-12-8-14-15(9-17-12)18-10-19-16(14)20-13-6-4-11(2)5-7-13/h3,8-11,13H,1,4-7H2,2H3,(H,18,19,20). The highest BCUT2D eigenvalue weighted by molar-refractivity contribution is 5.89. The molecule has 2 aromatic heterocycles. The Kier molecular flexibility index (Phi) is 3.63. The molecule has 0 bridgehead atoms. The molecule has 104 valence electrons. The van der Waals surface area contributed by atoms with Crippen molar-refractivity contribution >= 4 is 22.8 Å². The SMILES string of the molecule is C=Cc1cc2c(NC3CCC(C)CC3)ncnc2cn1. The van der Waals surface area contributed by atoms with Crippen LogP contribution in [-0.2, 0) is 0 Å². The quantitative estimate of drug-likeness (QED) is 0.923. The summed E-state index contributed by atoms with van der Waals surface area (Å²) in [5, 5.41) is 4.61. The van der Waals surface area contributed by atoms with Crippen LogP contribution in [0.15, 0.2) is 25.2 Å². The number of hydrogen-bond acceptors (Lipinski definition) is 4. The van der Waals surface area contributed by atoms with E-state index in [1.165, 1.54) is 25.7 Å². The van der Waals surface area contributed by atoms with Crippen LogP contribution in [0.1, 0.15) is 38.3 Å². The molecule has 1 aliphatic carbocycles. The van der Waals surface area contributed by atoms with Crippen LogP contribution in [0.4, 0.5) is 5.82 Å². The Balaban J connectivity index is 1.88. The van der Waals surface area contributed by atoms with Crippen molar-refractivity contribution in [1.82, 2.24) is 15.0 Å². The second kappa shape index (κ2) is 5.57. The van der Waals surface area contributed by atoms with E-state index in [1.54, 1.807) is 18.6 Å². The molecule has 1 N–H and O–H groups in total. The predicted octanol–water partition coefficient (Wildman–Crippen LogP) is 3.66. The minimum atomic E-state index is 0.518. The fourth-order valence-corrected chi connectivity index (χ4v) is 2.80. The number of pyridine rings is 1. The number of hydrogen-bond donors (Lipinski definition) is 1. The molecule has 1 fully saturated rings. The van der Waals surface area contributed by atoms with Gasteiger partial charge in [-0.25, -0.2) is 9.97 Å². The number of anilines is 1. The van der Waals surface area contributed by atoms with E-state index in [-0.39, 0.29) is 0 Å². The first kappa shape index (κ1) is 13.0. The highest BCUT2D eigenvalue weighted by atomic mass is 15.0. The second-order valence-corrected chi connectivity index (χ2v) is 5.65. The second-order valence-electron chi connectivity index (χ2n) is 5.65. The van der Waals surface area contributed by atoms with Crippen molar-refractivity contribution in [3.63, 3.8) is 0 Å². The van der Waals surface area contributed by atoms with Crippen molar-refractivity contribution in [2.24, 2.45) is 5.92 Å². The van der Waals surface area contributed by atoms with Crippen LogP contribution in [-0.4, -0.2) is 21.0 Å². The third kappa shape index (κ3) is 2.64. The molecule has 0 radical (unpaired) electrons. The molecule has 1 aliphatic rings. The topological polar surface area (TPSA) is 50.7 Å². The van der Waals surface area contributed by atoms with Crippen molar-refractivity contribution in [3.8, 4) is 0 Å². The molecule has 0 amide bonds. The first-order chi connectivity index (χ1) is 9.76. The molecule has 0 aromatic carbocycles. The lowest BCUT2D eigenvalue weighted by Gasteiger charge is -2.27. The Bertz CT molecular complexity index is 615. The van der Waals surface area contributed by atoms with E-state index in [1.807, 2.05) is 6.07 Å². The Hall–Kier alpha value is -1.97. The number of nitrogens with one attached hydrogen (secondary N) is 1. The van der Waals surface area contributed by atoms with Crippen LogP contribution in [0.3, 0.4) is 0 Å². The van der Waals surface area contributed by atoms with Crippen molar-refractivity contribution in [2.75, 3.05) is 5.32 Å². The van der Waals surface area contributed by atoms with Gasteiger partial charge in [0.15, 0.2) is 0 Å². The predicted molar refractivity (Wildman–Crippen MR) is 82.5 cm³/mol. The average molecular weight is 268 g/mol. The summed E-state index contributed by atoms with van der Waals surface area (Å²) < 4.78 is 0. The molecule has 2 aromatic rings. The summed E-state index contributed by atoms with van der Waals surface area (Å²) in [5.41, 5.74) is 1.73. The lowest BCUT2D eigenvalue weighted by atomic mass is 9.87. The first-order valence-corrected chi connectivity index (χ1v) is 7.26. The number of aromatic nitrogens is 3. The van der Waals surface area contributed by atoms with E-state index in [0.717, 1.165) is 28.3 Å². The molecular formula is C16H20N4. The molecule has 4 heteroatoms. The summed E-state index contributed by atoms with van der Waals surface area (Å²) in [6, 6.07) is 2.51. The van der Waals surface area contributed by atoms with Gasteiger partial charge >= 0.3 is 0 Å². The molecule has 20 heavy (non-hydrogen) atoms. The first-order valence-electron chi connectivity index (χ1n) is 7.26. The van der Waals surface area contributed by atoms with Gasteiger partial charge in [-0.1, -0.05) is 13.5 Å². The Morgan fingerprint density at radius 2 is 2.00 bits per heavy atom. The smallest absolute Gasteiger partial charge is 0.137 e. The highest BCUT2D eigenvalue weighted by Gasteiger charge is 2.19. The van der Waals surface area contributed by atoms with Crippen LogP contribution >= 0.6 is 0 Å². The summed E-state index contributed by atoms with van der Waals surface area (Å²) in [7, 11) is 0. The van der Waals surface area contributed by atoms with Gasteiger partial charge in [0.25, 0.3) is 0 Å². The fourth-order valence-electron chi connectivity index (χ4n) is 2.80. The zero-order chi connectivity index (χ0) is 13.9. The zero-order valence-corrected chi connectivity index (χ0v) is 11.8. The van der Waals surface area contributed by atoms with Gasteiger partial charge in [0.1, 0.15) is 12.1 Å². The van der Waals surface area contributed by atoms with E-state index in [9.17, 15) is 0 Å². The van der Waals surface area contributed by atoms with Crippen molar-refractivity contribution in [3.05, 3.63) is 30.9 Å². The van der Waals surface area contributed by atoms with Crippen LogP contribution in [0.5, 0.6) is 0 Å². The van der Waals surface area contributed by atoms with E-state index in [2.05, 4.69) is 33.8 Å². The molecule has 0 spiro atoms. The summed E-state index contributed by atoms with van der Waals surface area (Å²) in [6.45, 7) is 6.10. The van der Waals surface area contributed by atoms with Gasteiger partial charge in [-0.05, 0) is 43.7 Å². The maximum Gasteiger partial charge on any atom is 0.137 e. The summed E-state index contributed by atoms with van der Waals surface area (Å²) in [5.74, 6) is 1.77. The van der Waals surface area contributed by atoms with Gasteiger partial charge < -0.3 is 5.32 Å². The van der Waals surface area contributed by atoms with Gasteiger partial charge in [-0.3, -0.25) is 4.98 Å². The Morgan fingerprint density at radius 3 is 2.75 bits per heavy atom. The molecule has 0 atom stereocenters. The van der Waals surface area contributed by atoms with Crippen LogP contribution < -0.4 is 5.32 Å². The minimum Gasteiger partial charge on any atom is -0.367 e. The van der Waals surface area contributed by atoms with E-state index >= 15 is 0 Å². The molecule has 0 saturated heterocycles. The Labute approximate surface area is 119 Å². The normalized spacial score (nSPS) is 22.6. The largest absolute Gasteiger partial charge is 0.367 e. The van der Waals surface area contributed by atoms with Crippen molar-refractivity contribution in [1.29, 1.82) is 0 Å². The van der Waals surface area contributed by atoms with Crippen LogP contribution in [0.2, 0.25) is 0 Å². The monoisotopic (exact) mass is 268 g/mol. The molecule has 0 aliphatic heterocycles. The van der Waals surface area contributed by atoms with Crippen LogP contribution in [0, 0.1) is 5.92 Å². The molecule has 2 heterocycles. The number of fused-ring (bicyclic) bond motifs is 1. The minimum absolute atomic E-state index is 0.518. The lowest BCUT2D eigenvalue weighted by Crippen LogP contribution is -2.25. The summed E-state index contributed by atoms with van der Waals surface area (Å²) in [4.78, 5) is 13.0. The van der Waals surface area contributed by atoms with E-state index < -0.39 is 0 Å². The van der Waals surface area contributed by atoms with Crippen molar-refractivity contribution < 1.29 is 0 Å². The molecule has 4 nitrogen and oxygen atoms in total. The fraction of sp³-hybridized carbons (Fsp3) is 0.438. The van der Waals surface area contributed by atoms with Crippen molar-refractivity contribution in [2.45, 2.75) is 38.6 Å². The van der Waals surface area contributed by atoms with Gasteiger partial charge in [0.05, 0.1) is 17.4 Å². The average Bonchev–Trinajstić information content (AvgIpc) is 2.49. The molecule has 1 saturated carbocycles. The van der Waals surface area contributed by atoms with Gasteiger partial charge in [-0.2, -0.15) is 0 Å². The van der Waals surface area contributed by atoms with Crippen LogP contribution in [0.25, 0.3) is 17.0 Å². The number of rotatable bonds is 3. The van der Waals surface area contributed by atoms with E-state index in [0.29, 0.717) is 6.04 Å².